The number of fused-ring (bicyclic) bond motifs is 1. The molecular weight excluding hydrogens is 266 g/mol. The van der Waals surface area contributed by atoms with Crippen LogP contribution in [0, 0.1) is 0 Å². The van der Waals surface area contributed by atoms with Gasteiger partial charge in [0.25, 0.3) is 5.89 Å². The Hall–Kier alpha value is -2.40. The molecule has 2 aromatic carbocycles. The lowest BCUT2D eigenvalue weighted by atomic mass is 10.1. The van der Waals surface area contributed by atoms with Crippen LogP contribution < -0.4 is 5.73 Å². The third-order valence-corrected chi connectivity index (χ3v) is 3.20. The number of hydrogen-bond donors (Lipinski definition) is 1. The van der Waals surface area contributed by atoms with Gasteiger partial charge in [0, 0.05) is 12.3 Å². The Morgan fingerprint density at radius 2 is 1.95 bits per heavy atom. The van der Waals surface area contributed by atoms with Crippen molar-refractivity contribution in [3.05, 3.63) is 42.2 Å². The molecule has 0 bridgehead atoms. The van der Waals surface area contributed by atoms with Gasteiger partial charge in [0.1, 0.15) is 6.61 Å². The Morgan fingerprint density at radius 3 is 2.71 bits per heavy atom. The monoisotopic (exact) mass is 283 g/mol. The molecule has 0 aliphatic carbocycles. The normalized spacial score (nSPS) is 11.1. The molecule has 0 atom stereocenters. The fraction of sp³-hybridized carbons (Fsp3) is 0.250. The van der Waals surface area contributed by atoms with Gasteiger partial charge in [-0.2, -0.15) is 4.98 Å². The molecule has 0 radical (unpaired) electrons. The highest BCUT2D eigenvalue weighted by Gasteiger charge is 2.12. The summed E-state index contributed by atoms with van der Waals surface area (Å²) in [6.45, 7) is 3.09. The third kappa shape index (κ3) is 2.87. The number of ether oxygens (including phenoxy) is 1. The summed E-state index contributed by atoms with van der Waals surface area (Å²) in [5.74, 6) is 0.958. The molecule has 0 unspecified atom stereocenters. The van der Waals surface area contributed by atoms with Crippen LogP contribution in [0.25, 0.3) is 22.2 Å². The van der Waals surface area contributed by atoms with Gasteiger partial charge in [-0.3, -0.25) is 0 Å². The lowest BCUT2D eigenvalue weighted by molar-refractivity contribution is 0.114. The lowest BCUT2D eigenvalue weighted by Crippen LogP contribution is -1.96. The Kier molecular flexibility index (Phi) is 3.83. The van der Waals surface area contributed by atoms with Gasteiger partial charge < -0.3 is 15.0 Å². The van der Waals surface area contributed by atoms with Gasteiger partial charge in [-0.1, -0.05) is 36.3 Å². The number of hydrogen-bond acceptors (Lipinski definition) is 5. The fourth-order valence-electron chi connectivity index (χ4n) is 2.17. The zero-order valence-corrected chi connectivity index (χ0v) is 11.9. The average Bonchev–Trinajstić information content (AvgIpc) is 2.95. The molecule has 2 N–H and O–H groups in total. The smallest absolute Gasteiger partial charge is 0.260 e. The third-order valence-electron chi connectivity index (χ3n) is 3.20. The molecule has 0 aliphatic rings. The molecule has 0 spiro atoms. The summed E-state index contributed by atoms with van der Waals surface area (Å²) in [6, 6.07) is 11.9. The molecule has 3 rings (SSSR count). The number of rotatable bonds is 5. The number of anilines is 1. The fourth-order valence-corrected chi connectivity index (χ4v) is 2.17. The minimum atomic E-state index is 0.352. The summed E-state index contributed by atoms with van der Waals surface area (Å²) in [5.41, 5.74) is 7.47. The second-order valence-corrected chi connectivity index (χ2v) is 4.85. The molecular formula is C16H17N3O2. The van der Waals surface area contributed by atoms with E-state index < -0.39 is 0 Å². The number of nitrogens with zero attached hydrogens (tertiary/aromatic N) is 2. The molecule has 108 valence electrons. The second kappa shape index (κ2) is 5.93. The Balaban J connectivity index is 1.91. The molecule has 0 saturated heterocycles. The van der Waals surface area contributed by atoms with E-state index in [2.05, 4.69) is 17.1 Å². The van der Waals surface area contributed by atoms with E-state index in [0.717, 1.165) is 22.8 Å². The van der Waals surface area contributed by atoms with Crippen molar-refractivity contribution in [1.82, 2.24) is 10.1 Å². The first-order valence-electron chi connectivity index (χ1n) is 6.97. The van der Waals surface area contributed by atoms with Gasteiger partial charge in [-0.25, -0.2) is 0 Å². The van der Waals surface area contributed by atoms with Crippen molar-refractivity contribution in [3.63, 3.8) is 0 Å². The molecule has 0 fully saturated rings. The van der Waals surface area contributed by atoms with E-state index in [4.69, 9.17) is 15.0 Å². The average molecular weight is 283 g/mol. The summed E-state index contributed by atoms with van der Waals surface area (Å²) >= 11 is 0. The maximum atomic E-state index is 6.09. The highest BCUT2D eigenvalue weighted by molar-refractivity contribution is 5.92. The summed E-state index contributed by atoms with van der Waals surface area (Å²) in [4.78, 5) is 4.34. The first kappa shape index (κ1) is 13.6. The van der Waals surface area contributed by atoms with Crippen molar-refractivity contribution in [1.29, 1.82) is 0 Å². The Labute approximate surface area is 122 Å². The predicted octanol–water partition coefficient (Wildman–Crippen LogP) is 3.40. The summed E-state index contributed by atoms with van der Waals surface area (Å²) in [7, 11) is 0. The minimum Gasteiger partial charge on any atom is -0.398 e. The quantitative estimate of drug-likeness (QED) is 0.574. The number of aromatic nitrogens is 2. The summed E-state index contributed by atoms with van der Waals surface area (Å²) < 4.78 is 10.7. The molecule has 0 aliphatic heterocycles. The first-order valence-corrected chi connectivity index (χ1v) is 6.97. The Morgan fingerprint density at radius 1 is 1.19 bits per heavy atom. The molecule has 5 nitrogen and oxygen atoms in total. The van der Waals surface area contributed by atoms with Crippen molar-refractivity contribution in [2.75, 3.05) is 12.3 Å². The molecule has 1 heterocycles. The topological polar surface area (TPSA) is 74.2 Å². The highest BCUT2D eigenvalue weighted by Crippen LogP contribution is 2.29. The minimum absolute atomic E-state index is 0.352. The van der Waals surface area contributed by atoms with Gasteiger partial charge in [0.15, 0.2) is 5.82 Å². The summed E-state index contributed by atoms with van der Waals surface area (Å²) in [6.07, 6.45) is 0.961. The van der Waals surface area contributed by atoms with Crippen molar-refractivity contribution >= 4 is 16.5 Å². The van der Waals surface area contributed by atoms with Crippen LogP contribution in [0.1, 0.15) is 19.2 Å². The van der Waals surface area contributed by atoms with E-state index >= 15 is 0 Å². The van der Waals surface area contributed by atoms with Crippen LogP contribution >= 0.6 is 0 Å². The van der Waals surface area contributed by atoms with Crippen molar-refractivity contribution in [2.45, 2.75) is 20.0 Å². The van der Waals surface area contributed by atoms with Crippen LogP contribution in [0.4, 0.5) is 5.69 Å². The molecule has 0 amide bonds. The molecule has 21 heavy (non-hydrogen) atoms. The van der Waals surface area contributed by atoms with Crippen molar-refractivity contribution in [3.8, 4) is 11.5 Å². The largest absolute Gasteiger partial charge is 0.398 e. The van der Waals surface area contributed by atoms with Gasteiger partial charge in [0.2, 0.25) is 0 Å². The lowest BCUT2D eigenvalue weighted by Gasteiger charge is -2.04. The molecule has 3 aromatic rings. The van der Waals surface area contributed by atoms with Gasteiger partial charge in [-0.15, -0.1) is 0 Å². The predicted molar refractivity (Wildman–Crippen MR) is 81.6 cm³/mol. The van der Waals surface area contributed by atoms with E-state index in [0.29, 0.717) is 30.6 Å². The molecule has 1 aromatic heterocycles. The first-order chi connectivity index (χ1) is 10.3. The van der Waals surface area contributed by atoms with Crippen LogP contribution in [0.5, 0.6) is 0 Å². The van der Waals surface area contributed by atoms with E-state index in [-0.39, 0.29) is 0 Å². The van der Waals surface area contributed by atoms with Crippen LogP contribution in [0.15, 0.2) is 40.9 Å². The molecule has 5 heteroatoms. The van der Waals surface area contributed by atoms with Gasteiger partial charge >= 0.3 is 0 Å². The van der Waals surface area contributed by atoms with E-state index in [9.17, 15) is 0 Å². The zero-order chi connectivity index (χ0) is 14.7. The number of benzene rings is 2. The Bertz CT molecular complexity index is 752. The number of nitrogens with two attached hydrogens (primary N) is 1. The van der Waals surface area contributed by atoms with Crippen molar-refractivity contribution < 1.29 is 9.26 Å². The van der Waals surface area contributed by atoms with Gasteiger partial charge in [0.05, 0.1) is 5.56 Å². The SMILES string of the molecule is CCCOCc1noc(-c2cc3ccccc3cc2N)n1. The highest BCUT2D eigenvalue weighted by atomic mass is 16.5. The second-order valence-electron chi connectivity index (χ2n) is 4.85. The van der Waals surface area contributed by atoms with Crippen LogP contribution in [0.2, 0.25) is 0 Å². The van der Waals surface area contributed by atoms with E-state index in [1.54, 1.807) is 0 Å². The van der Waals surface area contributed by atoms with Crippen LogP contribution in [-0.2, 0) is 11.3 Å². The maximum absolute atomic E-state index is 6.09. The van der Waals surface area contributed by atoms with Gasteiger partial charge in [-0.05, 0) is 29.3 Å². The number of nitrogen functional groups attached to an aromatic ring is 1. The van der Waals surface area contributed by atoms with E-state index in [1.165, 1.54) is 0 Å². The van der Waals surface area contributed by atoms with Crippen LogP contribution in [0.3, 0.4) is 0 Å². The molecule has 0 saturated carbocycles. The van der Waals surface area contributed by atoms with Crippen LogP contribution in [-0.4, -0.2) is 16.7 Å². The maximum Gasteiger partial charge on any atom is 0.260 e. The zero-order valence-electron chi connectivity index (χ0n) is 11.9. The summed E-state index contributed by atoms with van der Waals surface area (Å²) in [5, 5.41) is 6.09. The van der Waals surface area contributed by atoms with E-state index in [1.807, 2.05) is 36.4 Å². The van der Waals surface area contributed by atoms with Crippen molar-refractivity contribution in [2.24, 2.45) is 0 Å². The standard InChI is InChI=1S/C16H17N3O2/c1-2-7-20-10-15-18-16(21-19-15)13-8-11-5-3-4-6-12(11)9-14(13)17/h3-6,8-9H,2,7,10,17H2,1H3.